The Morgan fingerprint density at radius 3 is 2.27 bits per heavy atom. The van der Waals surface area contributed by atoms with Crippen LogP contribution in [0.25, 0.3) is 0 Å². The number of benzene rings is 2. The maximum Gasteiger partial charge on any atom is 0.338 e. The van der Waals surface area contributed by atoms with Gasteiger partial charge in [0, 0.05) is 12.3 Å². The summed E-state index contributed by atoms with van der Waals surface area (Å²) in [5, 5.41) is 7.38. The summed E-state index contributed by atoms with van der Waals surface area (Å²) in [5.74, 6) is -0.888. The van der Waals surface area contributed by atoms with Gasteiger partial charge in [-0.3, -0.25) is 9.69 Å². The number of carbonyl (C=O) groups excluding carboxylic acids is 2. The Kier molecular flexibility index (Phi) is 7.01. The number of anilines is 2. The van der Waals surface area contributed by atoms with Gasteiger partial charge in [-0.25, -0.2) is 23.3 Å². The summed E-state index contributed by atoms with van der Waals surface area (Å²) in [6.45, 7) is 8.81. The molecule has 0 atom stereocenters. The normalized spacial score (nSPS) is 11.3. The topological polar surface area (TPSA) is 120 Å². The molecule has 10 heteroatoms. The van der Waals surface area contributed by atoms with Crippen molar-refractivity contribution in [1.82, 2.24) is 4.98 Å². The molecule has 0 bridgehead atoms. The molecular weight excluding hydrogens is 462 g/mol. The number of amides is 1. The molecule has 0 saturated carbocycles. The molecule has 2 aromatic carbocycles. The molecule has 0 aliphatic carbocycles. The Labute approximate surface area is 197 Å². The van der Waals surface area contributed by atoms with E-state index in [9.17, 15) is 18.0 Å². The minimum atomic E-state index is -3.96. The number of rotatable bonds is 6. The van der Waals surface area contributed by atoms with Crippen LogP contribution in [0.4, 0.5) is 10.8 Å². The predicted octanol–water partition coefficient (Wildman–Crippen LogP) is 4.07. The van der Waals surface area contributed by atoms with E-state index in [0.717, 1.165) is 22.4 Å². The van der Waals surface area contributed by atoms with Crippen molar-refractivity contribution < 1.29 is 22.7 Å². The Morgan fingerprint density at radius 1 is 1.06 bits per heavy atom. The van der Waals surface area contributed by atoms with E-state index in [1.54, 1.807) is 17.2 Å². The molecule has 1 aromatic heterocycles. The van der Waals surface area contributed by atoms with Crippen molar-refractivity contribution in [2.24, 2.45) is 5.14 Å². The molecule has 8 nitrogen and oxygen atoms in total. The van der Waals surface area contributed by atoms with Crippen LogP contribution in [0.3, 0.4) is 0 Å². The van der Waals surface area contributed by atoms with Gasteiger partial charge in [0.15, 0.2) is 5.13 Å². The number of primary sulfonamides is 1. The van der Waals surface area contributed by atoms with Gasteiger partial charge in [-0.1, -0.05) is 23.8 Å². The molecule has 2 N–H and O–H groups in total. The van der Waals surface area contributed by atoms with E-state index in [1.807, 2.05) is 32.9 Å². The number of nitrogens with zero attached hydrogens (tertiary/aromatic N) is 2. The molecule has 33 heavy (non-hydrogen) atoms. The minimum absolute atomic E-state index is 0.0661. The number of ether oxygens (including phenoxy) is 1. The van der Waals surface area contributed by atoms with Crippen molar-refractivity contribution in [3.05, 3.63) is 69.2 Å². The van der Waals surface area contributed by atoms with Gasteiger partial charge in [0.1, 0.15) is 6.61 Å². The fraction of sp³-hybridized carbons (Fsp3) is 0.261. The van der Waals surface area contributed by atoms with Gasteiger partial charge in [0.2, 0.25) is 15.9 Å². The third-order valence-corrected chi connectivity index (χ3v) is 6.91. The first-order chi connectivity index (χ1) is 15.4. The van der Waals surface area contributed by atoms with Crippen LogP contribution >= 0.6 is 11.3 Å². The predicted molar refractivity (Wildman–Crippen MR) is 127 cm³/mol. The third kappa shape index (κ3) is 5.47. The molecule has 1 amide bonds. The number of sulfonamides is 1. The lowest BCUT2D eigenvalue weighted by Gasteiger charge is -2.23. The van der Waals surface area contributed by atoms with E-state index in [1.165, 1.54) is 36.5 Å². The van der Waals surface area contributed by atoms with Crippen molar-refractivity contribution >= 4 is 44.1 Å². The summed E-state index contributed by atoms with van der Waals surface area (Å²) in [6, 6.07) is 8.17. The van der Waals surface area contributed by atoms with Crippen molar-refractivity contribution in [2.75, 3.05) is 4.90 Å². The van der Waals surface area contributed by atoms with Crippen molar-refractivity contribution in [3.8, 4) is 0 Å². The summed E-state index contributed by atoms with van der Waals surface area (Å²) in [5.41, 5.74) is 4.76. The second-order valence-electron chi connectivity index (χ2n) is 7.82. The highest BCUT2D eigenvalue weighted by atomic mass is 32.2. The average Bonchev–Trinajstić information content (AvgIpc) is 3.16. The fourth-order valence-corrected chi connectivity index (χ4v) is 5.30. The highest BCUT2D eigenvalue weighted by molar-refractivity contribution is 7.89. The van der Waals surface area contributed by atoms with E-state index in [0.29, 0.717) is 16.4 Å². The van der Waals surface area contributed by atoms with Crippen LogP contribution in [-0.4, -0.2) is 25.3 Å². The van der Waals surface area contributed by atoms with Crippen molar-refractivity contribution in [2.45, 2.75) is 46.1 Å². The number of carbonyl (C=O) groups is 2. The first-order valence-corrected chi connectivity index (χ1v) is 12.4. The SMILES string of the molecule is CC(=O)N(c1nc(COC(=O)c2ccc(C)c(S(N)(=O)=O)c2)cs1)c1c(C)cc(C)cc1C. The molecule has 0 aliphatic rings. The van der Waals surface area contributed by atoms with Gasteiger partial charge in [-0.2, -0.15) is 0 Å². The Morgan fingerprint density at radius 2 is 1.70 bits per heavy atom. The first kappa shape index (κ1) is 24.6. The van der Waals surface area contributed by atoms with Gasteiger partial charge >= 0.3 is 5.97 Å². The lowest BCUT2D eigenvalue weighted by atomic mass is 10.0. The summed E-state index contributed by atoms with van der Waals surface area (Å²) < 4.78 is 28.7. The van der Waals surface area contributed by atoms with Crippen LogP contribution in [0, 0.1) is 27.7 Å². The number of hydrogen-bond donors (Lipinski definition) is 1. The van der Waals surface area contributed by atoms with Gasteiger partial charge < -0.3 is 4.74 Å². The molecule has 0 saturated heterocycles. The highest BCUT2D eigenvalue weighted by Crippen LogP contribution is 2.34. The highest BCUT2D eigenvalue weighted by Gasteiger charge is 2.22. The van der Waals surface area contributed by atoms with E-state index in [-0.39, 0.29) is 23.0 Å². The Balaban J connectivity index is 1.81. The van der Waals surface area contributed by atoms with Gasteiger partial charge in [0.25, 0.3) is 0 Å². The van der Waals surface area contributed by atoms with Gasteiger partial charge in [-0.05, 0) is 56.5 Å². The van der Waals surface area contributed by atoms with E-state index >= 15 is 0 Å². The fourth-order valence-electron chi connectivity index (χ4n) is 3.63. The van der Waals surface area contributed by atoms with Crippen LogP contribution in [0.15, 0.2) is 40.6 Å². The van der Waals surface area contributed by atoms with Crippen LogP contribution < -0.4 is 10.0 Å². The molecule has 0 fully saturated rings. The van der Waals surface area contributed by atoms with E-state index in [2.05, 4.69) is 4.98 Å². The number of esters is 1. The molecule has 0 unspecified atom stereocenters. The van der Waals surface area contributed by atoms with Gasteiger partial charge in [0.05, 0.1) is 21.8 Å². The average molecular weight is 488 g/mol. The molecular formula is C23H25N3O5S2. The Hall–Kier alpha value is -3.08. The zero-order chi connectivity index (χ0) is 24.5. The summed E-state index contributed by atoms with van der Waals surface area (Å²) >= 11 is 1.26. The molecule has 0 aliphatic heterocycles. The van der Waals surface area contributed by atoms with Crippen LogP contribution in [0.5, 0.6) is 0 Å². The van der Waals surface area contributed by atoms with Gasteiger partial charge in [-0.15, -0.1) is 11.3 Å². The number of aromatic nitrogens is 1. The quantitative estimate of drug-likeness (QED) is 0.524. The minimum Gasteiger partial charge on any atom is -0.456 e. The Bertz CT molecular complexity index is 1320. The zero-order valence-electron chi connectivity index (χ0n) is 19.0. The number of thiazole rings is 1. The molecule has 3 aromatic rings. The molecule has 1 heterocycles. The summed E-state index contributed by atoms with van der Waals surface area (Å²) in [7, 11) is -3.96. The number of nitrogens with two attached hydrogens (primary N) is 1. The van der Waals surface area contributed by atoms with Crippen LogP contribution in [-0.2, 0) is 26.2 Å². The maximum atomic E-state index is 12.5. The van der Waals surface area contributed by atoms with Crippen molar-refractivity contribution in [1.29, 1.82) is 0 Å². The standard InChI is InChI=1S/C23H25N3O5S2/c1-13-8-15(3)21(16(4)9-13)26(17(5)27)23-25-19(12-32-23)11-31-22(28)18-7-6-14(2)20(10-18)33(24,29)30/h6-10,12H,11H2,1-5H3,(H2,24,29,30). The molecule has 3 rings (SSSR count). The lowest BCUT2D eigenvalue weighted by Crippen LogP contribution is -2.24. The molecule has 0 radical (unpaired) electrons. The monoisotopic (exact) mass is 487 g/mol. The molecule has 0 spiro atoms. The van der Waals surface area contributed by atoms with Crippen LogP contribution in [0.1, 0.15) is 45.2 Å². The molecule has 174 valence electrons. The second-order valence-corrected chi connectivity index (χ2v) is 10.2. The van der Waals surface area contributed by atoms with E-state index in [4.69, 9.17) is 9.88 Å². The van der Waals surface area contributed by atoms with E-state index < -0.39 is 16.0 Å². The number of aryl methyl sites for hydroxylation is 4. The maximum absolute atomic E-state index is 12.5. The van der Waals surface area contributed by atoms with Crippen molar-refractivity contribution in [3.63, 3.8) is 0 Å². The lowest BCUT2D eigenvalue weighted by molar-refractivity contribution is -0.115. The first-order valence-electron chi connectivity index (χ1n) is 10.0. The summed E-state index contributed by atoms with van der Waals surface area (Å²) in [6.07, 6.45) is 0. The van der Waals surface area contributed by atoms with Crippen LogP contribution in [0.2, 0.25) is 0 Å². The largest absolute Gasteiger partial charge is 0.456 e. The smallest absolute Gasteiger partial charge is 0.338 e. The second kappa shape index (κ2) is 9.42. The third-order valence-electron chi connectivity index (χ3n) is 4.99. The summed E-state index contributed by atoms with van der Waals surface area (Å²) in [4.78, 5) is 30.8. The number of hydrogen-bond acceptors (Lipinski definition) is 7. The zero-order valence-corrected chi connectivity index (χ0v) is 20.6.